The highest BCUT2D eigenvalue weighted by Gasteiger charge is 2.34. The Morgan fingerprint density at radius 1 is 1.29 bits per heavy atom. The second-order valence-corrected chi connectivity index (χ2v) is 2.48. The van der Waals surface area contributed by atoms with Crippen LogP contribution in [-0.2, 0) is 6.18 Å². The van der Waals surface area contributed by atoms with Gasteiger partial charge in [0.05, 0.1) is 0 Å². The molecule has 0 aliphatic carbocycles. The molecular formula is C8H8F3N3. The largest absolute Gasteiger partial charge is 0.451 e. The van der Waals surface area contributed by atoms with E-state index in [1.54, 1.807) is 12.2 Å². The van der Waals surface area contributed by atoms with Crippen molar-refractivity contribution < 1.29 is 13.2 Å². The molecule has 14 heavy (non-hydrogen) atoms. The van der Waals surface area contributed by atoms with Gasteiger partial charge in [-0.05, 0) is 0 Å². The molecular weight excluding hydrogens is 195 g/mol. The van der Waals surface area contributed by atoms with Crippen molar-refractivity contribution in [2.24, 2.45) is 5.73 Å². The molecule has 0 unspecified atom stereocenters. The van der Waals surface area contributed by atoms with E-state index >= 15 is 0 Å². The van der Waals surface area contributed by atoms with E-state index in [4.69, 9.17) is 5.73 Å². The van der Waals surface area contributed by atoms with E-state index in [2.05, 4.69) is 9.97 Å². The molecule has 1 aromatic rings. The summed E-state index contributed by atoms with van der Waals surface area (Å²) < 4.78 is 36.0. The smallest absolute Gasteiger partial charge is 0.327 e. The first-order valence-corrected chi connectivity index (χ1v) is 3.80. The maximum Gasteiger partial charge on any atom is 0.451 e. The zero-order valence-corrected chi connectivity index (χ0v) is 7.12. The Morgan fingerprint density at radius 2 is 1.86 bits per heavy atom. The average Bonchev–Trinajstić information content (AvgIpc) is 2.14. The van der Waals surface area contributed by atoms with Gasteiger partial charge in [0.15, 0.2) is 0 Å². The van der Waals surface area contributed by atoms with Crippen molar-refractivity contribution in [2.75, 3.05) is 6.54 Å². The lowest BCUT2D eigenvalue weighted by Crippen LogP contribution is -2.10. The highest BCUT2D eigenvalue weighted by Crippen LogP contribution is 2.25. The van der Waals surface area contributed by atoms with E-state index in [1.165, 1.54) is 0 Å². The molecule has 0 saturated carbocycles. The Labute approximate surface area is 78.5 Å². The van der Waals surface area contributed by atoms with Crippen molar-refractivity contribution in [3.05, 3.63) is 29.9 Å². The number of nitrogens with zero attached hydrogens (tertiary/aromatic N) is 2. The number of nitrogens with two attached hydrogens (primary N) is 1. The Bertz CT molecular complexity index is 316. The molecule has 0 spiro atoms. The number of halogens is 3. The summed E-state index contributed by atoms with van der Waals surface area (Å²) in [6.07, 6.45) is 0.867. The van der Waals surface area contributed by atoms with Gasteiger partial charge in [0.1, 0.15) is 0 Å². The first-order chi connectivity index (χ1) is 6.54. The normalized spacial score (nSPS) is 12.3. The topological polar surface area (TPSA) is 51.8 Å². The van der Waals surface area contributed by atoms with Gasteiger partial charge in [-0.3, -0.25) is 0 Å². The molecule has 76 valence electrons. The third kappa shape index (κ3) is 2.81. The maximum atomic E-state index is 12.0. The van der Waals surface area contributed by atoms with Crippen LogP contribution < -0.4 is 5.73 Å². The molecule has 0 aliphatic heterocycles. The van der Waals surface area contributed by atoms with Crippen LogP contribution in [0.2, 0.25) is 0 Å². The van der Waals surface area contributed by atoms with Gasteiger partial charge in [-0.25, -0.2) is 9.97 Å². The minimum Gasteiger partial charge on any atom is -0.327 e. The van der Waals surface area contributed by atoms with Gasteiger partial charge >= 0.3 is 6.18 Å². The first-order valence-electron chi connectivity index (χ1n) is 3.80. The van der Waals surface area contributed by atoms with Crippen LogP contribution in [-0.4, -0.2) is 16.5 Å². The molecule has 1 heterocycles. The molecule has 3 nitrogen and oxygen atoms in total. The molecule has 0 amide bonds. The fourth-order valence-electron chi connectivity index (χ4n) is 0.775. The van der Waals surface area contributed by atoms with Gasteiger partial charge in [-0.1, -0.05) is 12.2 Å². The molecule has 0 radical (unpaired) electrons. The van der Waals surface area contributed by atoms with Crippen molar-refractivity contribution >= 4 is 6.08 Å². The Morgan fingerprint density at radius 3 is 2.29 bits per heavy atom. The summed E-state index contributed by atoms with van der Waals surface area (Å²) in [5.41, 5.74) is 5.66. The van der Waals surface area contributed by atoms with E-state index in [0.717, 1.165) is 12.4 Å². The van der Waals surface area contributed by atoms with Crippen LogP contribution in [0, 0.1) is 0 Å². The standard InChI is InChI=1S/C8H8F3N3/c9-8(10,11)7-13-4-6(5-14-7)2-1-3-12/h1-2,4-5H,3,12H2. The van der Waals surface area contributed by atoms with Gasteiger partial charge in [-0.15, -0.1) is 0 Å². The number of rotatable bonds is 2. The number of hydrogen-bond acceptors (Lipinski definition) is 3. The number of alkyl halides is 3. The third-order valence-electron chi connectivity index (χ3n) is 1.37. The zero-order chi connectivity index (χ0) is 10.6. The van der Waals surface area contributed by atoms with E-state index in [0.29, 0.717) is 12.1 Å². The second kappa shape index (κ2) is 4.19. The van der Waals surface area contributed by atoms with Crippen LogP contribution in [0.5, 0.6) is 0 Å². The molecule has 0 saturated heterocycles. The van der Waals surface area contributed by atoms with Crippen LogP contribution in [0.25, 0.3) is 6.08 Å². The minimum absolute atomic E-state index is 0.320. The van der Waals surface area contributed by atoms with Gasteiger partial charge in [0.25, 0.3) is 0 Å². The molecule has 0 aliphatic rings. The summed E-state index contributed by atoms with van der Waals surface area (Å²) in [7, 11) is 0. The SMILES string of the molecule is NCC=Cc1cnc(C(F)(F)F)nc1. The fourth-order valence-corrected chi connectivity index (χ4v) is 0.775. The summed E-state index contributed by atoms with van der Waals surface area (Å²) in [4.78, 5) is 6.35. The molecule has 1 aromatic heterocycles. The van der Waals surface area contributed by atoms with Crippen molar-refractivity contribution in [3.63, 3.8) is 0 Å². The molecule has 0 aromatic carbocycles. The van der Waals surface area contributed by atoms with E-state index in [1.807, 2.05) is 0 Å². The van der Waals surface area contributed by atoms with E-state index in [9.17, 15) is 13.2 Å². The number of hydrogen-bond donors (Lipinski definition) is 1. The molecule has 1 rings (SSSR count). The highest BCUT2D eigenvalue weighted by atomic mass is 19.4. The lowest BCUT2D eigenvalue weighted by atomic mass is 10.3. The maximum absolute atomic E-state index is 12.0. The second-order valence-electron chi connectivity index (χ2n) is 2.48. The predicted octanol–water partition coefficient (Wildman–Crippen LogP) is 1.47. The van der Waals surface area contributed by atoms with Crippen LogP contribution in [0.1, 0.15) is 11.4 Å². The summed E-state index contributed by atoms with van der Waals surface area (Å²) >= 11 is 0. The summed E-state index contributed by atoms with van der Waals surface area (Å²) in [5.74, 6) is -1.14. The molecule has 0 bridgehead atoms. The third-order valence-corrected chi connectivity index (χ3v) is 1.37. The van der Waals surface area contributed by atoms with Gasteiger partial charge in [-0.2, -0.15) is 13.2 Å². The molecule has 2 N–H and O–H groups in total. The predicted molar refractivity (Wildman–Crippen MR) is 45.1 cm³/mol. The van der Waals surface area contributed by atoms with E-state index in [-0.39, 0.29) is 0 Å². The van der Waals surface area contributed by atoms with Crippen LogP contribution in [0.4, 0.5) is 13.2 Å². The molecule has 0 fully saturated rings. The Balaban J connectivity index is 2.84. The minimum atomic E-state index is -4.49. The highest BCUT2D eigenvalue weighted by molar-refractivity contribution is 5.46. The lowest BCUT2D eigenvalue weighted by Gasteiger charge is -2.03. The Kier molecular flexibility index (Phi) is 3.19. The zero-order valence-electron chi connectivity index (χ0n) is 7.12. The number of aromatic nitrogens is 2. The quantitative estimate of drug-likeness (QED) is 0.791. The van der Waals surface area contributed by atoms with Crippen molar-refractivity contribution in [3.8, 4) is 0 Å². The van der Waals surface area contributed by atoms with Gasteiger partial charge in [0, 0.05) is 24.5 Å². The summed E-state index contributed by atoms with van der Waals surface area (Å²) in [6.45, 7) is 0.320. The summed E-state index contributed by atoms with van der Waals surface area (Å²) in [5, 5.41) is 0. The molecule has 0 atom stereocenters. The first kappa shape index (κ1) is 10.6. The Hall–Kier alpha value is -1.43. The van der Waals surface area contributed by atoms with Crippen LogP contribution >= 0.6 is 0 Å². The van der Waals surface area contributed by atoms with Crippen LogP contribution in [0.3, 0.4) is 0 Å². The summed E-state index contributed by atoms with van der Waals surface area (Å²) in [6, 6.07) is 0. The van der Waals surface area contributed by atoms with Gasteiger partial charge < -0.3 is 5.73 Å². The lowest BCUT2D eigenvalue weighted by molar-refractivity contribution is -0.145. The van der Waals surface area contributed by atoms with Crippen molar-refractivity contribution in [2.45, 2.75) is 6.18 Å². The van der Waals surface area contributed by atoms with Crippen LogP contribution in [0.15, 0.2) is 18.5 Å². The van der Waals surface area contributed by atoms with E-state index < -0.39 is 12.0 Å². The van der Waals surface area contributed by atoms with Crippen molar-refractivity contribution in [1.29, 1.82) is 0 Å². The molecule has 6 heteroatoms. The monoisotopic (exact) mass is 203 g/mol. The fraction of sp³-hybridized carbons (Fsp3) is 0.250. The average molecular weight is 203 g/mol. The van der Waals surface area contributed by atoms with Crippen molar-refractivity contribution in [1.82, 2.24) is 9.97 Å². The van der Waals surface area contributed by atoms with Gasteiger partial charge in [0.2, 0.25) is 5.82 Å².